The zero-order valence-corrected chi connectivity index (χ0v) is 19.8. The Bertz CT molecular complexity index is 1220. The number of nitrogens with one attached hydrogen (secondary N) is 2. The quantitative estimate of drug-likeness (QED) is 0.576. The average molecular weight is 505 g/mol. The minimum absolute atomic E-state index is 0.00707. The molecule has 12 heteroatoms. The number of carbonyl (C=O) groups excluding carboxylic acids is 2. The van der Waals surface area contributed by atoms with Crippen LogP contribution in [0.3, 0.4) is 0 Å². The first-order valence-electron chi connectivity index (χ1n) is 12.0. The molecule has 7 rings (SSSR count). The van der Waals surface area contributed by atoms with E-state index in [0.29, 0.717) is 25.1 Å². The third-order valence-corrected chi connectivity index (χ3v) is 8.44. The van der Waals surface area contributed by atoms with Gasteiger partial charge in [0, 0.05) is 19.0 Å². The van der Waals surface area contributed by atoms with Crippen LogP contribution in [0.2, 0.25) is 0 Å². The SMILES string of the molecule is COc1cc(C2CCC(=O)NC2=O)ccc1N1C[C@H](Nc2nnc(C34CC(C(F)(F)F)(C3)C4)o2)[C@H]1C. The lowest BCUT2D eigenvalue weighted by molar-refractivity contribution is -0.340. The molecule has 36 heavy (non-hydrogen) atoms. The van der Waals surface area contributed by atoms with E-state index in [4.69, 9.17) is 9.15 Å². The molecule has 3 saturated carbocycles. The molecule has 2 N–H and O–H groups in total. The molecule has 2 aromatic rings. The van der Waals surface area contributed by atoms with Crippen molar-refractivity contribution in [2.75, 3.05) is 23.9 Å². The van der Waals surface area contributed by atoms with Crippen molar-refractivity contribution in [1.82, 2.24) is 15.5 Å². The Morgan fingerprint density at radius 3 is 2.61 bits per heavy atom. The van der Waals surface area contributed by atoms with Gasteiger partial charge in [-0.05, 0) is 50.3 Å². The highest BCUT2D eigenvalue weighted by molar-refractivity contribution is 6.01. The first kappa shape index (κ1) is 23.1. The summed E-state index contributed by atoms with van der Waals surface area (Å²) in [5.74, 6) is -0.0345. The fraction of sp³-hybridized carbons (Fsp3) is 0.583. The van der Waals surface area contributed by atoms with E-state index in [1.165, 1.54) is 0 Å². The summed E-state index contributed by atoms with van der Waals surface area (Å²) in [7, 11) is 1.57. The molecule has 9 nitrogen and oxygen atoms in total. The fourth-order valence-corrected chi connectivity index (χ4v) is 6.22. The summed E-state index contributed by atoms with van der Waals surface area (Å²) in [5, 5.41) is 13.6. The molecule has 3 atom stereocenters. The van der Waals surface area contributed by atoms with E-state index < -0.39 is 22.9 Å². The maximum atomic E-state index is 13.1. The van der Waals surface area contributed by atoms with Crippen molar-refractivity contribution in [2.45, 2.75) is 68.6 Å². The van der Waals surface area contributed by atoms with Crippen LogP contribution in [-0.4, -0.2) is 53.9 Å². The molecule has 2 bridgehead atoms. The van der Waals surface area contributed by atoms with E-state index in [2.05, 4.69) is 25.7 Å². The number of anilines is 2. The van der Waals surface area contributed by atoms with Gasteiger partial charge in [0.15, 0.2) is 0 Å². The molecule has 2 saturated heterocycles. The average Bonchev–Trinajstić information content (AvgIpc) is 3.21. The van der Waals surface area contributed by atoms with Crippen LogP contribution in [0.4, 0.5) is 24.9 Å². The van der Waals surface area contributed by atoms with Crippen molar-refractivity contribution >= 4 is 23.5 Å². The van der Waals surface area contributed by atoms with Crippen molar-refractivity contribution in [1.29, 1.82) is 0 Å². The smallest absolute Gasteiger partial charge is 0.394 e. The summed E-state index contributed by atoms with van der Waals surface area (Å²) in [6.07, 6.45) is -3.35. The summed E-state index contributed by atoms with van der Waals surface area (Å²) in [5.41, 5.74) is -0.526. The molecule has 2 amide bonds. The van der Waals surface area contributed by atoms with E-state index >= 15 is 0 Å². The minimum Gasteiger partial charge on any atom is -0.495 e. The van der Waals surface area contributed by atoms with Crippen molar-refractivity contribution in [2.24, 2.45) is 5.41 Å². The zero-order valence-electron chi connectivity index (χ0n) is 19.8. The summed E-state index contributed by atoms with van der Waals surface area (Å²) >= 11 is 0. The highest BCUT2D eigenvalue weighted by Gasteiger charge is 2.80. The number of halogens is 3. The van der Waals surface area contributed by atoms with Crippen molar-refractivity contribution in [3.8, 4) is 5.75 Å². The summed E-state index contributed by atoms with van der Waals surface area (Å²) in [6.45, 7) is 2.65. The predicted octanol–water partition coefficient (Wildman–Crippen LogP) is 3.27. The van der Waals surface area contributed by atoms with Gasteiger partial charge in [0.1, 0.15) is 5.75 Å². The summed E-state index contributed by atoms with van der Waals surface area (Å²) in [4.78, 5) is 25.8. The Morgan fingerprint density at radius 2 is 1.97 bits per heavy atom. The van der Waals surface area contributed by atoms with Gasteiger partial charge in [-0.25, -0.2) is 0 Å². The number of hydrogen-bond donors (Lipinski definition) is 2. The molecule has 1 unspecified atom stereocenters. The molecule has 3 heterocycles. The maximum Gasteiger partial charge on any atom is 0.394 e. The number of amides is 2. The molecule has 1 aromatic carbocycles. The number of ether oxygens (including phenoxy) is 1. The van der Waals surface area contributed by atoms with Crippen LogP contribution in [-0.2, 0) is 15.0 Å². The highest BCUT2D eigenvalue weighted by Crippen LogP contribution is 2.78. The molecule has 5 fully saturated rings. The molecule has 192 valence electrons. The molecule has 0 radical (unpaired) electrons. The number of aromatic nitrogens is 2. The Morgan fingerprint density at radius 1 is 1.22 bits per heavy atom. The van der Waals surface area contributed by atoms with Crippen molar-refractivity contribution in [3.05, 3.63) is 29.7 Å². The van der Waals surface area contributed by atoms with Gasteiger partial charge in [-0.2, -0.15) is 13.2 Å². The lowest BCUT2D eigenvalue weighted by atomic mass is 9.34. The number of rotatable bonds is 6. The number of piperidine rings is 1. The van der Waals surface area contributed by atoms with Crippen LogP contribution < -0.4 is 20.3 Å². The van der Waals surface area contributed by atoms with Gasteiger partial charge in [-0.3, -0.25) is 14.9 Å². The number of carbonyl (C=O) groups is 2. The third kappa shape index (κ3) is 3.29. The topological polar surface area (TPSA) is 110 Å². The predicted molar refractivity (Wildman–Crippen MR) is 121 cm³/mol. The maximum absolute atomic E-state index is 13.1. The summed E-state index contributed by atoms with van der Waals surface area (Å²) in [6, 6.07) is 5.88. The lowest BCUT2D eigenvalue weighted by Gasteiger charge is -2.68. The van der Waals surface area contributed by atoms with Crippen LogP contribution in [0.1, 0.15) is 56.4 Å². The van der Waals surface area contributed by atoms with Crippen LogP contribution in [0, 0.1) is 5.41 Å². The van der Waals surface area contributed by atoms with E-state index in [0.717, 1.165) is 11.3 Å². The zero-order chi connectivity index (χ0) is 25.5. The second kappa shape index (κ2) is 7.59. The van der Waals surface area contributed by atoms with E-state index in [1.807, 2.05) is 25.1 Å². The van der Waals surface area contributed by atoms with Crippen molar-refractivity contribution in [3.63, 3.8) is 0 Å². The molecule has 5 aliphatic rings. The van der Waals surface area contributed by atoms with Gasteiger partial charge in [0.05, 0.1) is 35.6 Å². The monoisotopic (exact) mass is 505 g/mol. The Kier molecular flexibility index (Phi) is 4.88. The lowest BCUT2D eigenvalue weighted by Crippen LogP contribution is -2.70. The Hall–Kier alpha value is -3.31. The number of imide groups is 1. The van der Waals surface area contributed by atoms with Gasteiger partial charge >= 0.3 is 12.2 Å². The first-order valence-corrected chi connectivity index (χ1v) is 12.0. The standard InChI is InChI=1S/C24H26F3N5O4/c1-12-15(28-21-31-30-20(36-21)22-9-23(10-22,11-22)24(25,26)27)8-32(12)16-5-3-13(7-17(16)35-2)14-4-6-18(33)29-19(14)34/h3,5,7,12,14-15H,4,6,8-11H2,1-2H3,(H,28,31)(H,29,33,34)/t12-,14?,15+,22?,23?/m1/s1. The second-order valence-corrected chi connectivity index (χ2v) is 10.6. The first-order chi connectivity index (χ1) is 17.0. The third-order valence-electron chi connectivity index (χ3n) is 8.44. The van der Waals surface area contributed by atoms with Gasteiger partial charge in [-0.15, -0.1) is 5.10 Å². The van der Waals surface area contributed by atoms with Gasteiger partial charge < -0.3 is 19.4 Å². The Balaban J connectivity index is 1.09. The molecular weight excluding hydrogens is 479 g/mol. The Labute approximate surface area is 204 Å². The number of benzene rings is 1. The van der Waals surface area contributed by atoms with Crippen LogP contribution in [0.25, 0.3) is 0 Å². The number of methoxy groups -OCH3 is 1. The highest BCUT2D eigenvalue weighted by atomic mass is 19.4. The minimum atomic E-state index is -4.18. The molecule has 0 spiro atoms. The number of nitrogens with zero attached hydrogens (tertiary/aromatic N) is 3. The van der Waals surface area contributed by atoms with Gasteiger partial charge in [0.25, 0.3) is 0 Å². The van der Waals surface area contributed by atoms with Gasteiger partial charge in [-0.1, -0.05) is 11.2 Å². The second-order valence-electron chi connectivity index (χ2n) is 10.6. The number of alkyl halides is 3. The molecule has 3 aliphatic carbocycles. The summed E-state index contributed by atoms with van der Waals surface area (Å²) < 4.78 is 50.7. The molecular formula is C24H26F3N5O4. The van der Waals surface area contributed by atoms with E-state index in [9.17, 15) is 22.8 Å². The van der Waals surface area contributed by atoms with Crippen LogP contribution in [0.15, 0.2) is 22.6 Å². The number of hydrogen-bond acceptors (Lipinski definition) is 8. The largest absolute Gasteiger partial charge is 0.495 e. The van der Waals surface area contributed by atoms with E-state index in [-0.39, 0.29) is 55.1 Å². The normalized spacial score (nSPS) is 33.2. The fourth-order valence-electron chi connectivity index (χ4n) is 6.22. The molecule has 2 aliphatic heterocycles. The van der Waals surface area contributed by atoms with E-state index in [1.54, 1.807) is 7.11 Å². The van der Waals surface area contributed by atoms with Gasteiger partial charge in [0.2, 0.25) is 17.7 Å². The van der Waals surface area contributed by atoms with Crippen LogP contribution >= 0.6 is 0 Å². The van der Waals surface area contributed by atoms with Crippen LogP contribution in [0.5, 0.6) is 5.75 Å². The molecule has 1 aromatic heterocycles. The van der Waals surface area contributed by atoms with Crippen molar-refractivity contribution < 1.29 is 31.9 Å².